The van der Waals surface area contributed by atoms with Crippen molar-refractivity contribution >= 4 is 10.0 Å². The lowest BCUT2D eigenvalue weighted by Gasteiger charge is -2.34. The molecule has 2 atom stereocenters. The van der Waals surface area contributed by atoms with Crippen molar-refractivity contribution in [3.05, 3.63) is 29.8 Å². The van der Waals surface area contributed by atoms with E-state index in [-0.39, 0.29) is 0 Å². The standard InChI is InChI=1S/C14H22N2O2S/c1-11-7-8-16(10-12(11)2)19(17,18)14-5-3-13(9-15)4-6-14/h3-6,11-12H,7-10,15H2,1-2H3. The van der Waals surface area contributed by atoms with Crippen LogP contribution in [-0.4, -0.2) is 25.8 Å². The van der Waals surface area contributed by atoms with Gasteiger partial charge in [0.25, 0.3) is 0 Å². The average molecular weight is 282 g/mol. The van der Waals surface area contributed by atoms with Crippen molar-refractivity contribution in [3.63, 3.8) is 0 Å². The summed E-state index contributed by atoms with van der Waals surface area (Å²) in [7, 11) is -3.35. The summed E-state index contributed by atoms with van der Waals surface area (Å²) in [6.45, 7) is 5.96. The Hall–Kier alpha value is -0.910. The van der Waals surface area contributed by atoms with E-state index >= 15 is 0 Å². The molecule has 1 fully saturated rings. The Morgan fingerprint density at radius 2 is 1.84 bits per heavy atom. The third kappa shape index (κ3) is 2.99. The topological polar surface area (TPSA) is 63.4 Å². The van der Waals surface area contributed by atoms with E-state index < -0.39 is 10.0 Å². The van der Waals surface area contributed by atoms with Crippen molar-refractivity contribution in [3.8, 4) is 0 Å². The van der Waals surface area contributed by atoms with Crippen LogP contribution >= 0.6 is 0 Å². The molecule has 1 aliphatic rings. The molecule has 0 aliphatic carbocycles. The molecule has 2 rings (SSSR count). The van der Waals surface area contributed by atoms with E-state index in [1.807, 2.05) is 0 Å². The summed E-state index contributed by atoms with van der Waals surface area (Å²) < 4.78 is 26.7. The molecule has 1 aliphatic heterocycles. The fourth-order valence-electron chi connectivity index (χ4n) is 2.39. The molecule has 5 heteroatoms. The quantitative estimate of drug-likeness (QED) is 0.919. The third-order valence-corrected chi connectivity index (χ3v) is 5.97. The first kappa shape index (κ1) is 14.5. The molecule has 1 saturated heterocycles. The number of piperidine rings is 1. The molecule has 0 spiro atoms. The van der Waals surface area contributed by atoms with Gasteiger partial charge in [-0.2, -0.15) is 4.31 Å². The van der Waals surface area contributed by atoms with Gasteiger partial charge in [-0.25, -0.2) is 8.42 Å². The van der Waals surface area contributed by atoms with Crippen LogP contribution in [0.15, 0.2) is 29.2 Å². The van der Waals surface area contributed by atoms with Gasteiger partial charge < -0.3 is 5.73 Å². The van der Waals surface area contributed by atoms with Gasteiger partial charge in [0.1, 0.15) is 0 Å². The van der Waals surface area contributed by atoms with Gasteiger partial charge in [-0.05, 0) is 36.0 Å². The van der Waals surface area contributed by atoms with E-state index in [0.29, 0.717) is 36.4 Å². The summed E-state index contributed by atoms with van der Waals surface area (Å²) in [6, 6.07) is 6.87. The van der Waals surface area contributed by atoms with Crippen molar-refractivity contribution in [2.75, 3.05) is 13.1 Å². The minimum Gasteiger partial charge on any atom is -0.326 e. The van der Waals surface area contributed by atoms with Gasteiger partial charge >= 0.3 is 0 Å². The van der Waals surface area contributed by atoms with Crippen LogP contribution in [0.25, 0.3) is 0 Å². The van der Waals surface area contributed by atoms with Gasteiger partial charge in [-0.3, -0.25) is 0 Å². The molecule has 0 aromatic heterocycles. The maximum absolute atomic E-state index is 12.5. The van der Waals surface area contributed by atoms with Crippen LogP contribution < -0.4 is 5.73 Å². The first-order chi connectivity index (χ1) is 8.95. The lowest BCUT2D eigenvalue weighted by Crippen LogP contribution is -2.42. The molecule has 0 bridgehead atoms. The summed E-state index contributed by atoms with van der Waals surface area (Å²) in [4.78, 5) is 0.367. The van der Waals surface area contributed by atoms with E-state index in [9.17, 15) is 8.42 Å². The maximum atomic E-state index is 12.5. The molecule has 1 heterocycles. The highest BCUT2D eigenvalue weighted by atomic mass is 32.2. The first-order valence-electron chi connectivity index (χ1n) is 6.74. The van der Waals surface area contributed by atoms with Gasteiger partial charge in [0.15, 0.2) is 0 Å². The highest BCUT2D eigenvalue weighted by Gasteiger charge is 2.31. The van der Waals surface area contributed by atoms with Crippen molar-refractivity contribution in [1.82, 2.24) is 4.31 Å². The first-order valence-corrected chi connectivity index (χ1v) is 8.18. The zero-order chi connectivity index (χ0) is 14.0. The van der Waals surface area contributed by atoms with Gasteiger partial charge in [-0.1, -0.05) is 26.0 Å². The highest BCUT2D eigenvalue weighted by Crippen LogP contribution is 2.27. The van der Waals surface area contributed by atoms with Gasteiger partial charge in [-0.15, -0.1) is 0 Å². The summed E-state index contributed by atoms with van der Waals surface area (Å²) in [5, 5.41) is 0. The lowest BCUT2D eigenvalue weighted by atomic mass is 9.90. The van der Waals surface area contributed by atoms with E-state index in [1.165, 1.54) is 0 Å². The number of nitrogens with zero attached hydrogens (tertiary/aromatic N) is 1. The summed E-state index contributed by atoms with van der Waals surface area (Å²) in [6.07, 6.45) is 0.932. The highest BCUT2D eigenvalue weighted by molar-refractivity contribution is 7.89. The van der Waals surface area contributed by atoms with Gasteiger partial charge in [0.05, 0.1) is 4.90 Å². The Kier molecular flexibility index (Phi) is 4.28. The van der Waals surface area contributed by atoms with Crippen molar-refractivity contribution in [2.24, 2.45) is 17.6 Å². The minimum atomic E-state index is -3.35. The molecule has 4 nitrogen and oxygen atoms in total. The largest absolute Gasteiger partial charge is 0.326 e. The SMILES string of the molecule is CC1CCN(S(=O)(=O)c2ccc(CN)cc2)CC1C. The Morgan fingerprint density at radius 3 is 2.37 bits per heavy atom. The van der Waals surface area contributed by atoms with E-state index in [2.05, 4.69) is 13.8 Å². The minimum absolute atomic E-state index is 0.367. The zero-order valence-electron chi connectivity index (χ0n) is 11.5. The Labute approximate surface area is 115 Å². The van der Waals surface area contributed by atoms with E-state index in [1.54, 1.807) is 28.6 Å². The van der Waals surface area contributed by atoms with Crippen LogP contribution in [0.3, 0.4) is 0 Å². The molecule has 1 aromatic carbocycles. The fraction of sp³-hybridized carbons (Fsp3) is 0.571. The molecular formula is C14H22N2O2S. The second-order valence-electron chi connectivity index (χ2n) is 5.45. The molecule has 19 heavy (non-hydrogen) atoms. The number of hydrogen-bond acceptors (Lipinski definition) is 3. The van der Waals surface area contributed by atoms with Crippen molar-refractivity contribution < 1.29 is 8.42 Å². The average Bonchev–Trinajstić information content (AvgIpc) is 2.41. The molecule has 106 valence electrons. The number of sulfonamides is 1. The monoisotopic (exact) mass is 282 g/mol. The molecule has 0 saturated carbocycles. The zero-order valence-corrected chi connectivity index (χ0v) is 12.4. The predicted octanol–water partition coefficient (Wildman–Crippen LogP) is 1.81. The Morgan fingerprint density at radius 1 is 1.21 bits per heavy atom. The lowest BCUT2D eigenvalue weighted by molar-refractivity contribution is 0.212. The second-order valence-corrected chi connectivity index (χ2v) is 7.39. The molecule has 0 radical (unpaired) electrons. The number of hydrogen-bond donors (Lipinski definition) is 1. The molecular weight excluding hydrogens is 260 g/mol. The summed E-state index contributed by atoms with van der Waals surface area (Å²) >= 11 is 0. The summed E-state index contributed by atoms with van der Waals surface area (Å²) in [5.41, 5.74) is 6.47. The number of rotatable bonds is 3. The van der Waals surface area contributed by atoms with Crippen LogP contribution in [0.5, 0.6) is 0 Å². The Balaban J connectivity index is 2.21. The molecule has 2 N–H and O–H groups in total. The smallest absolute Gasteiger partial charge is 0.243 e. The van der Waals surface area contributed by atoms with Crippen LogP contribution in [0.1, 0.15) is 25.8 Å². The summed E-state index contributed by atoms with van der Waals surface area (Å²) in [5.74, 6) is 0.998. The fourth-order valence-corrected chi connectivity index (χ4v) is 3.94. The molecule has 1 aromatic rings. The maximum Gasteiger partial charge on any atom is 0.243 e. The molecule has 2 unspecified atom stereocenters. The normalized spacial score (nSPS) is 25.4. The predicted molar refractivity (Wildman–Crippen MR) is 76.0 cm³/mol. The number of nitrogens with two attached hydrogens (primary N) is 1. The van der Waals surface area contributed by atoms with Gasteiger partial charge in [0.2, 0.25) is 10.0 Å². The second kappa shape index (κ2) is 5.61. The molecule has 0 amide bonds. The van der Waals surface area contributed by atoms with E-state index in [0.717, 1.165) is 12.0 Å². The number of benzene rings is 1. The Bertz CT molecular complexity index is 525. The third-order valence-electron chi connectivity index (χ3n) is 4.09. The van der Waals surface area contributed by atoms with Crippen LogP contribution in [-0.2, 0) is 16.6 Å². The van der Waals surface area contributed by atoms with Crippen molar-refractivity contribution in [1.29, 1.82) is 0 Å². The van der Waals surface area contributed by atoms with E-state index in [4.69, 9.17) is 5.73 Å². The van der Waals surface area contributed by atoms with Crippen LogP contribution in [0.4, 0.5) is 0 Å². The van der Waals surface area contributed by atoms with Gasteiger partial charge in [0, 0.05) is 19.6 Å². The van der Waals surface area contributed by atoms with Crippen LogP contribution in [0, 0.1) is 11.8 Å². The van der Waals surface area contributed by atoms with Crippen molar-refractivity contribution in [2.45, 2.75) is 31.7 Å². The van der Waals surface area contributed by atoms with Crippen LogP contribution in [0.2, 0.25) is 0 Å².